The molecule has 0 bridgehead atoms. The molecular weight excluding hydrogens is 392 g/mol. The Labute approximate surface area is 171 Å². The molecule has 8 heteroatoms. The van der Waals surface area contributed by atoms with Crippen molar-refractivity contribution in [2.45, 2.75) is 19.4 Å². The zero-order valence-corrected chi connectivity index (χ0v) is 16.6. The quantitative estimate of drug-likeness (QED) is 0.583. The van der Waals surface area contributed by atoms with Gasteiger partial charge in [-0.1, -0.05) is 30.3 Å². The summed E-state index contributed by atoms with van der Waals surface area (Å²) in [4.78, 5) is 16.6. The SMILES string of the molecule is CCOC(=O)c1cnc(N)c2c(C(Cc3ccccc3)OC3=COCO3)csc12. The number of hydrogen-bond acceptors (Lipinski definition) is 8. The monoisotopic (exact) mass is 412 g/mol. The molecular formula is C21H20N2O5S. The maximum absolute atomic E-state index is 12.3. The third-order valence-electron chi connectivity index (χ3n) is 4.47. The zero-order chi connectivity index (χ0) is 20.2. The zero-order valence-electron chi connectivity index (χ0n) is 15.8. The van der Waals surface area contributed by atoms with Gasteiger partial charge in [0.2, 0.25) is 6.79 Å². The van der Waals surface area contributed by atoms with Crippen molar-refractivity contribution in [2.24, 2.45) is 0 Å². The Hall–Kier alpha value is -3.26. The molecule has 1 unspecified atom stereocenters. The molecule has 2 N–H and O–H groups in total. The topological polar surface area (TPSA) is 92.9 Å². The highest BCUT2D eigenvalue weighted by molar-refractivity contribution is 7.17. The van der Waals surface area contributed by atoms with E-state index in [0.29, 0.717) is 29.1 Å². The number of carbonyl (C=O) groups excluding carboxylic acids is 1. The molecule has 4 rings (SSSR count). The number of esters is 1. The van der Waals surface area contributed by atoms with E-state index in [2.05, 4.69) is 4.98 Å². The number of aromatic nitrogens is 1. The van der Waals surface area contributed by atoms with Gasteiger partial charge in [0.15, 0.2) is 6.26 Å². The van der Waals surface area contributed by atoms with Crippen LogP contribution in [0.25, 0.3) is 10.1 Å². The number of benzene rings is 1. The Balaban J connectivity index is 1.77. The summed E-state index contributed by atoms with van der Waals surface area (Å²) in [5.41, 5.74) is 8.52. The number of pyridine rings is 1. The molecule has 0 radical (unpaired) electrons. The smallest absolute Gasteiger partial charge is 0.341 e. The fourth-order valence-electron chi connectivity index (χ4n) is 3.16. The van der Waals surface area contributed by atoms with Crippen molar-refractivity contribution in [1.82, 2.24) is 4.98 Å². The van der Waals surface area contributed by atoms with Crippen molar-refractivity contribution >= 4 is 33.2 Å². The van der Waals surface area contributed by atoms with Crippen LogP contribution >= 0.6 is 11.3 Å². The maximum Gasteiger partial charge on any atom is 0.341 e. The van der Waals surface area contributed by atoms with Crippen molar-refractivity contribution in [1.29, 1.82) is 0 Å². The first-order chi connectivity index (χ1) is 14.2. The lowest BCUT2D eigenvalue weighted by atomic mass is 10.00. The first-order valence-corrected chi connectivity index (χ1v) is 10.0. The third kappa shape index (κ3) is 3.97. The fraction of sp³-hybridized carbons (Fsp3) is 0.238. The van der Waals surface area contributed by atoms with E-state index in [4.69, 9.17) is 24.7 Å². The molecule has 0 saturated heterocycles. The average molecular weight is 412 g/mol. The highest BCUT2D eigenvalue weighted by Crippen LogP contribution is 2.39. The number of nitrogens with zero attached hydrogens (tertiary/aromatic N) is 1. The minimum Gasteiger partial charge on any atom is -0.462 e. The second-order valence-electron chi connectivity index (χ2n) is 6.33. The lowest BCUT2D eigenvalue weighted by Gasteiger charge is -2.19. The normalized spacial score (nSPS) is 14.0. The summed E-state index contributed by atoms with van der Waals surface area (Å²) in [6.07, 6.45) is 3.08. The van der Waals surface area contributed by atoms with Crippen molar-refractivity contribution in [3.63, 3.8) is 0 Å². The number of hydrogen-bond donors (Lipinski definition) is 1. The Bertz CT molecular complexity index is 1050. The van der Waals surface area contributed by atoms with Gasteiger partial charge in [0, 0.05) is 23.6 Å². The number of anilines is 1. The van der Waals surface area contributed by atoms with Crippen LogP contribution in [0.2, 0.25) is 0 Å². The van der Waals surface area contributed by atoms with Crippen molar-refractivity contribution < 1.29 is 23.7 Å². The highest BCUT2D eigenvalue weighted by Gasteiger charge is 2.26. The lowest BCUT2D eigenvalue weighted by molar-refractivity contribution is -0.0214. The van der Waals surface area contributed by atoms with E-state index < -0.39 is 12.1 Å². The van der Waals surface area contributed by atoms with Crippen LogP contribution < -0.4 is 5.73 Å². The first-order valence-electron chi connectivity index (χ1n) is 9.15. The second kappa shape index (κ2) is 8.40. The largest absolute Gasteiger partial charge is 0.462 e. The number of carbonyl (C=O) groups is 1. The Morgan fingerprint density at radius 1 is 1.34 bits per heavy atom. The minimum absolute atomic E-state index is 0.120. The molecule has 7 nitrogen and oxygen atoms in total. The molecule has 2 aromatic heterocycles. The summed E-state index contributed by atoms with van der Waals surface area (Å²) in [5, 5.41) is 2.64. The number of ether oxygens (including phenoxy) is 4. The van der Waals surface area contributed by atoms with E-state index in [1.165, 1.54) is 23.8 Å². The Kier molecular flexibility index (Phi) is 5.53. The van der Waals surface area contributed by atoms with E-state index in [1.807, 2.05) is 35.7 Å². The summed E-state index contributed by atoms with van der Waals surface area (Å²) in [5.74, 6) is 0.219. The van der Waals surface area contributed by atoms with Gasteiger partial charge in [-0.15, -0.1) is 11.3 Å². The van der Waals surface area contributed by atoms with Crippen molar-refractivity contribution in [3.8, 4) is 0 Å². The predicted octanol–water partition coefficient (Wildman–Crippen LogP) is 4.16. The van der Waals surface area contributed by atoms with Gasteiger partial charge in [-0.3, -0.25) is 0 Å². The highest BCUT2D eigenvalue weighted by atomic mass is 32.1. The number of rotatable bonds is 7. The molecule has 0 aliphatic carbocycles. The fourth-order valence-corrected chi connectivity index (χ4v) is 4.27. The summed E-state index contributed by atoms with van der Waals surface area (Å²) in [7, 11) is 0. The molecule has 0 spiro atoms. The van der Waals surface area contributed by atoms with E-state index in [9.17, 15) is 4.79 Å². The number of thiophene rings is 1. The molecule has 3 aromatic rings. The van der Waals surface area contributed by atoms with E-state index in [1.54, 1.807) is 6.92 Å². The molecule has 1 aliphatic heterocycles. The van der Waals surface area contributed by atoms with Crippen LogP contribution in [0.3, 0.4) is 0 Å². The van der Waals surface area contributed by atoms with Gasteiger partial charge < -0.3 is 24.7 Å². The summed E-state index contributed by atoms with van der Waals surface area (Å²) >= 11 is 1.41. The van der Waals surface area contributed by atoms with Gasteiger partial charge in [0.1, 0.15) is 11.9 Å². The van der Waals surface area contributed by atoms with Crippen LogP contribution in [0.15, 0.2) is 54.1 Å². The van der Waals surface area contributed by atoms with Gasteiger partial charge in [-0.25, -0.2) is 9.78 Å². The molecule has 0 saturated carbocycles. The number of fused-ring (bicyclic) bond motifs is 1. The molecule has 1 atom stereocenters. The van der Waals surface area contributed by atoms with Crippen LogP contribution in [0.5, 0.6) is 0 Å². The molecule has 150 valence electrons. The predicted molar refractivity (Wildman–Crippen MR) is 109 cm³/mol. The Morgan fingerprint density at radius 2 is 2.17 bits per heavy atom. The first kappa shape index (κ1) is 19.1. The summed E-state index contributed by atoms with van der Waals surface area (Å²) in [6, 6.07) is 9.96. The second-order valence-corrected chi connectivity index (χ2v) is 7.21. The van der Waals surface area contributed by atoms with Gasteiger partial charge in [0.05, 0.1) is 16.9 Å². The van der Waals surface area contributed by atoms with Crippen LogP contribution in [0, 0.1) is 0 Å². The van der Waals surface area contributed by atoms with E-state index >= 15 is 0 Å². The molecule has 3 heterocycles. The molecule has 1 aromatic carbocycles. The maximum atomic E-state index is 12.3. The molecule has 29 heavy (non-hydrogen) atoms. The minimum atomic E-state index is -0.422. The van der Waals surface area contributed by atoms with Gasteiger partial charge in [-0.05, 0) is 17.9 Å². The average Bonchev–Trinajstić information content (AvgIpc) is 3.39. The number of nitrogens with two attached hydrogens (primary N) is 1. The molecule has 1 aliphatic rings. The van der Waals surface area contributed by atoms with Crippen LogP contribution in [0.4, 0.5) is 5.82 Å². The van der Waals surface area contributed by atoms with Gasteiger partial charge in [0.25, 0.3) is 0 Å². The lowest BCUT2D eigenvalue weighted by Crippen LogP contribution is -2.10. The molecule has 0 amide bonds. The van der Waals surface area contributed by atoms with Crippen molar-refractivity contribution in [2.75, 3.05) is 19.1 Å². The van der Waals surface area contributed by atoms with Crippen LogP contribution in [-0.2, 0) is 25.4 Å². The standard InChI is InChI=1S/C21H20N2O5S/c1-2-26-21(24)14-9-23-20(22)18-15(11-29-19(14)18)16(28-17-10-25-12-27-17)8-13-6-4-3-5-7-13/h3-7,9-11,16H,2,8,12H2,1H3,(H2,22,23). The van der Waals surface area contributed by atoms with Gasteiger partial charge in [-0.2, -0.15) is 0 Å². The van der Waals surface area contributed by atoms with Crippen LogP contribution in [-0.4, -0.2) is 24.4 Å². The van der Waals surface area contributed by atoms with E-state index in [-0.39, 0.29) is 13.4 Å². The summed E-state index contributed by atoms with van der Waals surface area (Å²) in [6.45, 7) is 2.17. The summed E-state index contributed by atoms with van der Waals surface area (Å²) < 4.78 is 22.4. The molecule has 0 fully saturated rings. The third-order valence-corrected chi connectivity index (χ3v) is 5.50. The van der Waals surface area contributed by atoms with Crippen molar-refractivity contribution in [3.05, 3.63) is 70.8 Å². The van der Waals surface area contributed by atoms with Gasteiger partial charge >= 0.3 is 11.9 Å². The van der Waals surface area contributed by atoms with Crippen LogP contribution in [0.1, 0.15) is 34.5 Å². The van der Waals surface area contributed by atoms with E-state index in [0.717, 1.165) is 15.8 Å². The Morgan fingerprint density at radius 3 is 2.90 bits per heavy atom. The number of nitrogen functional groups attached to an aromatic ring is 1.